The molecule has 2 aliphatic heterocycles. The Kier molecular flexibility index (Phi) is 5.56. The number of benzene rings is 2. The summed E-state index contributed by atoms with van der Waals surface area (Å²) in [4.78, 5) is 27.3. The highest BCUT2D eigenvalue weighted by atomic mass is 16.6. The van der Waals surface area contributed by atoms with E-state index in [9.17, 15) is 9.59 Å². The van der Waals surface area contributed by atoms with Crippen LogP contribution in [0.1, 0.15) is 36.5 Å². The Morgan fingerprint density at radius 3 is 2.78 bits per heavy atom. The van der Waals surface area contributed by atoms with E-state index in [1.54, 1.807) is 7.11 Å². The highest BCUT2D eigenvalue weighted by Gasteiger charge is 2.65. The molecule has 0 radical (unpaired) electrons. The maximum atomic E-state index is 13.0. The third kappa shape index (κ3) is 3.44. The zero-order valence-electron chi connectivity index (χ0n) is 20.9. The minimum absolute atomic E-state index is 0.242. The number of carbonyl (C=O) groups excluding carboxylic acids is 2. The van der Waals surface area contributed by atoms with Crippen molar-refractivity contribution in [2.24, 2.45) is 5.92 Å². The van der Waals surface area contributed by atoms with E-state index in [0.717, 1.165) is 36.3 Å². The minimum atomic E-state index is -0.515. The standard InChI is InChI=1S/C29H31NO6/c1-17(31)34-23-11-8-19-16-21-20-10-12-24(28-29(20,14-15-30(21)2)26(19)27(23)36-28)35-25(32)13-9-18-6-4-5-7-22(18)33-3/h4-8,10-12,20-21,24,28H,9,13-16H2,1-3H3/t20-,21+,24?,28?,29-/m0/s1. The third-order valence-corrected chi connectivity index (χ3v) is 8.43. The first-order valence-corrected chi connectivity index (χ1v) is 12.6. The molecule has 2 heterocycles. The quantitative estimate of drug-likeness (QED) is 0.349. The van der Waals surface area contributed by atoms with Gasteiger partial charge in [0.2, 0.25) is 0 Å². The van der Waals surface area contributed by atoms with Gasteiger partial charge in [0.05, 0.1) is 7.11 Å². The van der Waals surface area contributed by atoms with E-state index in [2.05, 4.69) is 24.1 Å². The van der Waals surface area contributed by atoms with Crippen molar-refractivity contribution in [2.75, 3.05) is 20.7 Å². The summed E-state index contributed by atoms with van der Waals surface area (Å²) < 4.78 is 23.6. The van der Waals surface area contributed by atoms with Gasteiger partial charge in [0, 0.05) is 36.3 Å². The number of ether oxygens (including phenoxy) is 4. The van der Waals surface area contributed by atoms with Crippen LogP contribution in [-0.4, -0.2) is 55.8 Å². The van der Waals surface area contributed by atoms with E-state index < -0.39 is 6.10 Å². The molecule has 0 saturated carbocycles. The Morgan fingerprint density at radius 1 is 1.14 bits per heavy atom. The van der Waals surface area contributed by atoms with Crippen LogP contribution < -0.4 is 14.2 Å². The number of hydrogen-bond donors (Lipinski definition) is 0. The second-order valence-electron chi connectivity index (χ2n) is 10.3. The van der Waals surface area contributed by atoms with Crippen LogP contribution >= 0.6 is 0 Å². The number of rotatable bonds is 6. The first kappa shape index (κ1) is 23.1. The molecule has 7 nitrogen and oxygen atoms in total. The smallest absolute Gasteiger partial charge is 0.308 e. The van der Waals surface area contributed by atoms with Gasteiger partial charge >= 0.3 is 11.9 Å². The molecular weight excluding hydrogens is 458 g/mol. The molecule has 2 aliphatic carbocycles. The average molecular weight is 490 g/mol. The monoisotopic (exact) mass is 489 g/mol. The first-order valence-electron chi connectivity index (χ1n) is 12.6. The molecule has 4 aliphatic rings. The van der Waals surface area contributed by atoms with Gasteiger partial charge in [-0.3, -0.25) is 9.59 Å². The van der Waals surface area contributed by atoms with Gasteiger partial charge in [-0.1, -0.05) is 30.3 Å². The lowest BCUT2D eigenvalue weighted by molar-refractivity contribution is -0.154. The van der Waals surface area contributed by atoms with Gasteiger partial charge in [-0.15, -0.1) is 0 Å². The SMILES string of the molecule is COc1ccccc1CCC(=O)OC1C=C[C@H]2[C@H]3Cc4ccc(OC(C)=O)c5c4[C@@]2(CCN3C)C1O5. The number of piperidine rings is 1. The summed E-state index contributed by atoms with van der Waals surface area (Å²) in [7, 11) is 3.81. The van der Waals surface area contributed by atoms with Gasteiger partial charge in [-0.05, 0) is 62.2 Å². The van der Waals surface area contributed by atoms with E-state index in [0.29, 0.717) is 24.0 Å². The van der Waals surface area contributed by atoms with Gasteiger partial charge < -0.3 is 23.8 Å². The summed E-state index contributed by atoms with van der Waals surface area (Å²) in [5, 5.41) is 0. The van der Waals surface area contributed by atoms with Gasteiger partial charge in [-0.2, -0.15) is 0 Å². The molecule has 36 heavy (non-hydrogen) atoms. The normalized spacial score (nSPS) is 29.2. The van der Waals surface area contributed by atoms with Crippen molar-refractivity contribution in [3.63, 3.8) is 0 Å². The average Bonchev–Trinajstić information content (AvgIpc) is 3.22. The van der Waals surface area contributed by atoms with E-state index >= 15 is 0 Å². The lowest BCUT2D eigenvalue weighted by Crippen LogP contribution is -2.65. The largest absolute Gasteiger partial charge is 0.496 e. The fourth-order valence-electron chi connectivity index (χ4n) is 6.90. The molecule has 188 valence electrons. The van der Waals surface area contributed by atoms with E-state index in [4.69, 9.17) is 18.9 Å². The third-order valence-electron chi connectivity index (χ3n) is 8.43. The fraction of sp³-hybridized carbons (Fsp3) is 0.448. The van der Waals surface area contributed by atoms with Crippen molar-refractivity contribution in [1.82, 2.24) is 4.90 Å². The van der Waals surface area contributed by atoms with Gasteiger partial charge in [-0.25, -0.2) is 0 Å². The van der Waals surface area contributed by atoms with Crippen molar-refractivity contribution < 1.29 is 28.5 Å². The van der Waals surface area contributed by atoms with Gasteiger partial charge in [0.15, 0.2) is 17.6 Å². The predicted molar refractivity (Wildman–Crippen MR) is 132 cm³/mol. The van der Waals surface area contributed by atoms with Crippen LogP contribution in [0.15, 0.2) is 48.6 Å². The molecular formula is C29H31NO6. The zero-order chi connectivity index (χ0) is 25.0. The van der Waals surface area contributed by atoms with Crippen molar-refractivity contribution in [3.8, 4) is 17.2 Å². The van der Waals surface area contributed by atoms with Crippen LogP contribution in [0.2, 0.25) is 0 Å². The predicted octanol–water partition coefficient (Wildman–Crippen LogP) is 3.61. The molecule has 6 rings (SSSR count). The Labute approximate surface area is 211 Å². The van der Waals surface area contributed by atoms with Crippen LogP contribution in [0, 0.1) is 5.92 Å². The Bertz CT molecular complexity index is 1250. The van der Waals surface area contributed by atoms with Gasteiger partial charge in [0.1, 0.15) is 11.9 Å². The van der Waals surface area contributed by atoms with Crippen LogP contribution in [0.3, 0.4) is 0 Å². The molecule has 2 unspecified atom stereocenters. The number of nitrogens with zero attached hydrogens (tertiary/aromatic N) is 1. The Balaban J connectivity index is 1.30. The molecule has 2 aromatic carbocycles. The maximum Gasteiger partial charge on any atom is 0.308 e. The van der Waals surface area contributed by atoms with Crippen molar-refractivity contribution in [3.05, 3.63) is 65.2 Å². The molecule has 0 aromatic heterocycles. The fourth-order valence-corrected chi connectivity index (χ4v) is 6.90. The van der Waals surface area contributed by atoms with Crippen LogP contribution in [-0.2, 0) is 32.6 Å². The Hall–Kier alpha value is -3.32. The molecule has 1 saturated heterocycles. The highest BCUT2D eigenvalue weighted by Crippen LogP contribution is 2.62. The lowest BCUT2D eigenvalue weighted by Gasteiger charge is -2.56. The summed E-state index contributed by atoms with van der Waals surface area (Å²) in [5.74, 6) is 1.44. The molecule has 0 N–H and O–H groups in total. The number of likely N-dealkylation sites (N-methyl/N-ethyl adjacent to an activating group) is 1. The van der Waals surface area contributed by atoms with Gasteiger partial charge in [0.25, 0.3) is 0 Å². The molecule has 2 aromatic rings. The second-order valence-corrected chi connectivity index (χ2v) is 10.3. The summed E-state index contributed by atoms with van der Waals surface area (Å²) in [6.45, 7) is 2.33. The van der Waals surface area contributed by atoms with Crippen molar-refractivity contribution in [2.45, 2.75) is 56.3 Å². The first-order chi connectivity index (χ1) is 17.4. The molecule has 1 spiro atoms. The van der Waals surface area contributed by atoms with E-state index in [-0.39, 0.29) is 35.8 Å². The van der Waals surface area contributed by atoms with Crippen LogP contribution in [0.4, 0.5) is 0 Å². The van der Waals surface area contributed by atoms with Crippen LogP contribution in [0.25, 0.3) is 0 Å². The number of likely N-dealkylation sites (tertiary alicyclic amines) is 1. The number of esters is 2. The summed E-state index contributed by atoms with van der Waals surface area (Å²) in [6, 6.07) is 12.0. The van der Waals surface area contributed by atoms with Crippen molar-refractivity contribution in [1.29, 1.82) is 0 Å². The minimum Gasteiger partial charge on any atom is -0.496 e. The number of para-hydroxylation sites is 1. The summed E-state index contributed by atoms with van der Waals surface area (Å²) >= 11 is 0. The van der Waals surface area contributed by atoms with E-state index in [1.165, 1.54) is 12.5 Å². The van der Waals surface area contributed by atoms with Crippen molar-refractivity contribution >= 4 is 11.9 Å². The number of hydrogen-bond acceptors (Lipinski definition) is 7. The molecule has 2 bridgehead atoms. The number of methoxy groups -OCH3 is 1. The molecule has 0 amide bonds. The van der Waals surface area contributed by atoms with E-state index in [1.807, 2.05) is 36.4 Å². The second kappa shape index (κ2) is 8.66. The van der Waals surface area contributed by atoms with Crippen LogP contribution in [0.5, 0.6) is 17.2 Å². The highest BCUT2D eigenvalue weighted by molar-refractivity contribution is 5.73. The summed E-state index contributed by atoms with van der Waals surface area (Å²) in [6.07, 6.45) is 5.94. The molecule has 7 heteroatoms. The molecule has 1 fully saturated rings. The molecule has 5 atom stereocenters. The number of carbonyl (C=O) groups is 2. The topological polar surface area (TPSA) is 74.3 Å². The maximum absolute atomic E-state index is 13.0. The lowest BCUT2D eigenvalue weighted by atomic mass is 9.53. The Morgan fingerprint density at radius 2 is 1.97 bits per heavy atom. The number of aryl methyl sites for hydroxylation is 1. The summed E-state index contributed by atoms with van der Waals surface area (Å²) in [5.41, 5.74) is 3.03. The zero-order valence-corrected chi connectivity index (χ0v) is 20.9.